The number of rotatable bonds is 2. The lowest BCUT2D eigenvalue weighted by Crippen LogP contribution is -2.25. The molecule has 0 amide bonds. The van der Waals surface area contributed by atoms with Gasteiger partial charge in [0.15, 0.2) is 11.5 Å². The lowest BCUT2D eigenvalue weighted by atomic mass is 9.97. The summed E-state index contributed by atoms with van der Waals surface area (Å²) >= 11 is 0. The highest BCUT2D eigenvalue weighted by atomic mass is 19.3. The van der Waals surface area contributed by atoms with Crippen LogP contribution in [0.4, 0.5) is 8.78 Å². The van der Waals surface area contributed by atoms with Crippen LogP contribution in [0.5, 0.6) is 11.5 Å². The Bertz CT molecular complexity index is 628. The maximum atomic E-state index is 13.1. The molecule has 3 rings (SSSR count). The van der Waals surface area contributed by atoms with E-state index in [0.29, 0.717) is 24.2 Å². The smallest absolute Gasteiger partial charge is 0.463 e. The second-order valence-corrected chi connectivity index (χ2v) is 4.61. The van der Waals surface area contributed by atoms with E-state index in [9.17, 15) is 13.6 Å². The van der Waals surface area contributed by atoms with Crippen molar-refractivity contribution in [3.63, 3.8) is 0 Å². The van der Waals surface area contributed by atoms with Gasteiger partial charge in [-0.25, -0.2) is 4.79 Å². The minimum Gasteiger partial charge on any atom is -0.463 e. The van der Waals surface area contributed by atoms with Crippen molar-refractivity contribution in [2.75, 3.05) is 13.2 Å². The molecule has 2 aliphatic rings. The van der Waals surface area contributed by atoms with Gasteiger partial charge in [0.2, 0.25) is 0 Å². The molecule has 0 saturated carbocycles. The molecule has 21 heavy (non-hydrogen) atoms. The average Bonchev–Trinajstić information content (AvgIpc) is 2.69. The summed E-state index contributed by atoms with van der Waals surface area (Å²) in [6.45, 7) is 2.57. The van der Waals surface area contributed by atoms with E-state index in [0.717, 1.165) is 5.56 Å². The molecule has 5 nitrogen and oxygen atoms in total. The Balaban J connectivity index is 1.98. The maximum Gasteiger partial charge on any atom is 0.586 e. The molecule has 2 heterocycles. The molecule has 7 heteroatoms. The van der Waals surface area contributed by atoms with Gasteiger partial charge in [-0.2, -0.15) is 0 Å². The van der Waals surface area contributed by atoms with Gasteiger partial charge in [-0.15, -0.1) is 8.78 Å². The Hall–Kier alpha value is -2.31. The van der Waals surface area contributed by atoms with Gasteiger partial charge in [0.1, 0.15) is 0 Å². The van der Waals surface area contributed by atoms with E-state index in [4.69, 9.17) is 4.74 Å². The van der Waals surface area contributed by atoms with Crippen molar-refractivity contribution in [1.29, 1.82) is 0 Å². The molecule has 0 bridgehead atoms. The summed E-state index contributed by atoms with van der Waals surface area (Å²) in [5, 5.41) is 3.05. The molecule has 0 unspecified atom stereocenters. The van der Waals surface area contributed by atoms with Crippen molar-refractivity contribution in [3.05, 3.63) is 29.3 Å². The number of ether oxygens (including phenoxy) is 3. The third kappa shape index (κ3) is 2.63. The molecule has 112 valence electrons. The number of hydrogen-bond acceptors (Lipinski definition) is 5. The van der Waals surface area contributed by atoms with Crippen LogP contribution in [-0.4, -0.2) is 25.4 Å². The molecule has 1 aromatic rings. The number of alkyl halides is 2. The van der Waals surface area contributed by atoms with Gasteiger partial charge in [0.25, 0.3) is 0 Å². The summed E-state index contributed by atoms with van der Waals surface area (Å²) in [6.07, 6.45) is -1.70. The van der Waals surface area contributed by atoms with Crippen LogP contribution in [0.2, 0.25) is 0 Å². The number of hydrogen-bond donors (Lipinski definition) is 1. The molecule has 0 spiro atoms. The van der Waals surface area contributed by atoms with Gasteiger partial charge in [0, 0.05) is 23.9 Å². The minimum absolute atomic E-state index is 0.0103. The molecule has 1 aromatic carbocycles. The first-order valence-corrected chi connectivity index (χ1v) is 6.54. The fraction of sp³-hybridized carbons (Fsp3) is 0.357. The van der Waals surface area contributed by atoms with Gasteiger partial charge >= 0.3 is 12.3 Å². The zero-order valence-corrected chi connectivity index (χ0v) is 11.2. The fourth-order valence-electron chi connectivity index (χ4n) is 2.35. The fourth-order valence-corrected chi connectivity index (χ4v) is 2.35. The largest absolute Gasteiger partial charge is 0.586 e. The lowest BCUT2D eigenvalue weighted by Gasteiger charge is -2.21. The number of benzene rings is 1. The molecule has 0 aliphatic carbocycles. The first kappa shape index (κ1) is 13.7. The van der Waals surface area contributed by atoms with Crippen molar-refractivity contribution in [3.8, 4) is 11.5 Å². The van der Waals surface area contributed by atoms with Crippen molar-refractivity contribution in [1.82, 2.24) is 5.32 Å². The Kier molecular flexibility index (Phi) is 3.19. The highest BCUT2D eigenvalue weighted by molar-refractivity contribution is 5.92. The highest BCUT2D eigenvalue weighted by Gasteiger charge is 2.44. The zero-order valence-electron chi connectivity index (χ0n) is 11.2. The number of carbonyl (C=O) groups is 1. The predicted octanol–water partition coefficient (Wildman–Crippen LogP) is 2.06. The Labute approximate surface area is 119 Å². The van der Waals surface area contributed by atoms with Crippen LogP contribution >= 0.6 is 0 Å². The van der Waals surface area contributed by atoms with E-state index >= 15 is 0 Å². The molecular formula is C14H13F2NO4. The summed E-state index contributed by atoms with van der Waals surface area (Å²) < 4.78 is 39.9. The van der Waals surface area contributed by atoms with E-state index in [2.05, 4.69) is 14.8 Å². The quantitative estimate of drug-likeness (QED) is 0.669. The van der Waals surface area contributed by atoms with Gasteiger partial charge in [-0.05, 0) is 31.0 Å². The maximum absolute atomic E-state index is 13.1. The Morgan fingerprint density at radius 1 is 1.43 bits per heavy atom. The topological polar surface area (TPSA) is 56.8 Å². The Morgan fingerprint density at radius 2 is 2.14 bits per heavy atom. The van der Waals surface area contributed by atoms with Crippen LogP contribution in [-0.2, 0) is 16.0 Å². The Morgan fingerprint density at radius 3 is 2.86 bits per heavy atom. The molecule has 0 atom stereocenters. The normalized spacial score (nSPS) is 19.9. The number of fused-ring (bicyclic) bond motifs is 2. The molecule has 0 radical (unpaired) electrons. The van der Waals surface area contributed by atoms with Crippen molar-refractivity contribution in [2.24, 2.45) is 0 Å². The van der Waals surface area contributed by atoms with Crippen LogP contribution in [0.25, 0.3) is 5.70 Å². The number of nitrogens with one attached hydrogen (secondary N) is 1. The van der Waals surface area contributed by atoms with Gasteiger partial charge in [0.05, 0.1) is 6.61 Å². The van der Waals surface area contributed by atoms with Crippen molar-refractivity contribution in [2.45, 2.75) is 19.6 Å². The van der Waals surface area contributed by atoms with E-state index < -0.39 is 12.3 Å². The van der Waals surface area contributed by atoms with Crippen molar-refractivity contribution < 1.29 is 27.8 Å². The standard InChI is InChI=1S/C14H13F2NO4/c1-2-19-13(18)7-10-9-6-12-11(20-14(15,16)21-12)5-8(9)3-4-17-10/h5-7,17H,2-4H2,1H3. The minimum atomic E-state index is -3.65. The van der Waals surface area contributed by atoms with E-state index in [1.807, 2.05) is 0 Å². The van der Waals surface area contributed by atoms with Crippen LogP contribution < -0.4 is 14.8 Å². The van der Waals surface area contributed by atoms with Gasteiger partial charge < -0.3 is 19.5 Å². The highest BCUT2D eigenvalue weighted by Crippen LogP contribution is 2.44. The summed E-state index contributed by atoms with van der Waals surface area (Å²) in [5.41, 5.74) is 1.97. The second-order valence-electron chi connectivity index (χ2n) is 4.61. The third-order valence-corrected chi connectivity index (χ3v) is 3.18. The first-order valence-electron chi connectivity index (χ1n) is 6.54. The zero-order chi connectivity index (χ0) is 15.0. The van der Waals surface area contributed by atoms with Crippen LogP contribution in [0, 0.1) is 0 Å². The number of halogens is 2. The van der Waals surface area contributed by atoms with Crippen LogP contribution in [0.3, 0.4) is 0 Å². The molecule has 2 aliphatic heterocycles. The third-order valence-electron chi connectivity index (χ3n) is 3.18. The summed E-state index contributed by atoms with van der Waals surface area (Å²) in [4.78, 5) is 11.5. The molecule has 0 fully saturated rings. The van der Waals surface area contributed by atoms with E-state index in [1.165, 1.54) is 18.2 Å². The molecular weight excluding hydrogens is 284 g/mol. The average molecular weight is 297 g/mol. The first-order chi connectivity index (χ1) is 9.98. The van der Waals surface area contributed by atoms with E-state index in [-0.39, 0.29) is 18.1 Å². The van der Waals surface area contributed by atoms with Gasteiger partial charge in [-0.3, -0.25) is 0 Å². The SMILES string of the molecule is CCOC(=O)C=C1NCCc2cc3c(cc21)OC(F)(F)O3. The van der Waals surface area contributed by atoms with Crippen LogP contribution in [0.1, 0.15) is 18.1 Å². The van der Waals surface area contributed by atoms with Crippen LogP contribution in [0.15, 0.2) is 18.2 Å². The van der Waals surface area contributed by atoms with Gasteiger partial charge in [-0.1, -0.05) is 0 Å². The lowest BCUT2D eigenvalue weighted by molar-refractivity contribution is -0.286. The number of carbonyl (C=O) groups excluding carboxylic acids is 1. The molecule has 1 N–H and O–H groups in total. The molecule has 0 aromatic heterocycles. The van der Waals surface area contributed by atoms with Crippen molar-refractivity contribution >= 4 is 11.7 Å². The number of esters is 1. The summed E-state index contributed by atoms with van der Waals surface area (Å²) in [5.74, 6) is -0.524. The summed E-state index contributed by atoms with van der Waals surface area (Å²) in [6, 6.07) is 2.97. The monoisotopic (exact) mass is 297 g/mol. The predicted molar refractivity (Wildman–Crippen MR) is 69.0 cm³/mol. The molecule has 0 saturated heterocycles. The second kappa shape index (κ2) is 4.91. The summed E-state index contributed by atoms with van der Waals surface area (Å²) in [7, 11) is 0. The van der Waals surface area contributed by atoms with E-state index in [1.54, 1.807) is 6.92 Å².